The predicted octanol–water partition coefficient (Wildman–Crippen LogP) is 4.97. The number of likely N-dealkylation sites (N-methyl/N-ethyl adjacent to an activating group) is 1. The Morgan fingerprint density at radius 1 is 1.09 bits per heavy atom. The first-order chi connectivity index (χ1) is 16.5. The van der Waals surface area contributed by atoms with Crippen molar-refractivity contribution in [3.8, 4) is 0 Å². The van der Waals surface area contributed by atoms with E-state index in [-0.39, 0.29) is 18.4 Å². The number of aromatic nitrogens is 1. The summed E-state index contributed by atoms with van der Waals surface area (Å²) in [5.74, 6) is 0.144. The molecule has 0 unspecified atom stereocenters. The van der Waals surface area contributed by atoms with Crippen LogP contribution in [0.5, 0.6) is 0 Å². The molecule has 7 heteroatoms. The van der Waals surface area contributed by atoms with E-state index >= 15 is 0 Å². The van der Waals surface area contributed by atoms with Gasteiger partial charge in [0, 0.05) is 36.2 Å². The highest BCUT2D eigenvalue weighted by molar-refractivity contribution is 6.23. The van der Waals surface area contributed by atoms with E-state index in [2.05, 4.69) is 40.6 Å². The lowest BCUT2D eigenvalue weighted by molar-refractivity contribution is -0.122. The standard InChI is InChI=1S/C27H23ClN4O2/c1-31-15-21-12-18(14-29-27(21)30-25(33)17-31)10-11-26(34)32(28)16-20-13-19-6-2-3-7-22(19)24-9-5-4-8-23(20)24/h2-14H,15-17H2,1H3,(H,29,30,33)/b11-10+. The zero-order chi connectivity index (χ0) is 23.7. The van der Waals surface area contributed by atoms with Gasteiger partial charge in [-0.05, 0) is 57.9 Å². The molecule has 0 atom stereocenters. The van der Waals surface area contributed by atoms with Crippen molar-refractivity contribution in [3.63, 3.8) is 0 Å². The molecule has 0 aliphatic carbocycles. The number of rotatable bonds is 4. The molecule has 0 saturated heterocycles. The zero-order valence-corrected chi connectivity index (χ0v) is 19.4. The van der Waals surface area contributed by atoms with Crippen molar-refractivity contribution < 1.29 is 9.59 Å². The average Bonchev–Trinajstić information content (AvgIpc) is 2.98. The van der Waals surface area contributed by atoms with Gasteiger partial charge in [0.15, 0.2) is 0 Å². The van der Waals surface area contributed by atoms with Crippen molar-refractivity contribution in [2.75, 3.05) is 18.9 Å². The summed E-state index contributed by atoms with van der Waals surface area (Å²) in [7, 11) is 1.88. The number of hydrogen-bond acceptors (Lipinski definition) is 4. The number of anilines is 1. The zero-order valence-electron chi connectivity index (χ0n) is 18.7. The number of hydrogen-bond donors (Lipinski definition) is 1. The summed E-state index contributed by atoms with van der Waals surface area (Å²) in [5, 5.41) is 7.30. The molecule has 4 aromatic rings. The Balaban J connectivity index is 1.36. The van der Waals surface area contributed by atoms with E-state index in [1.807, 2.05) is 42.3 Å². The maximum Gasteiger partial charge on any atom is 0.261 e. The molecule has 1 aliphatic rings. The Kier molecular flexibility index (Phi) is 6.01. The third-order valence-corrected chi connectivity index (χ3v) is 6.21. The van der Waals surface area contributed by atoms with Crippen molar-refractivity contribution in [1.82, 2.24) is 14.3 Å². The molecule has 0 radical (unpaired) electrons. The van der Waals surface area contributed by atoms with Crippen molar-refractivity contribution >= 4 is 57.0 Å². The minimum absolute atomic E-state index is 0.0915. The van der Waals surface area contributed by atoms with Crippen LogP contribution in [0.15, 0.2) is 72.9 Å². The molecule has 6 nitrogen and oxygen atoms in total. The second-order valence-electron chi connectivity index (χ2n) is 8.49. The van der Waals surface area contributed by atoms with E-state index in [9.17, 15) is 9.59 Å². The van der Waals surface area contributed by atoms with E-state index in [1.165, 1.54) is 15.9 Å². The molecule has 0 bridgehead atoms. The molecule has 2 amide bonds. The van der Waals surface area contributed by atoms with Crippen LogP contribution in [0.4, 0.5) is 5.82 Å². The summed E-state index contributed by atoms with van der Waals surface area (Å²) in [6.45, 7) is 1.17. The molecule has 1 N–H and O–H groups in total. The van der Waals surface area contributed by atoms with Gasteiger partial charge >= 0.3 is 0 Å². The Labute approximate surface area is 202 Å². The fraction of sp³-hybridized carbons (Fsp3) is 0.148. The minimum Gasteiger partial charge on any atom is -0.309 e. The summed E-state index contributed by atoms with van der Waals surface area (Å²) in [6.07, 6.45) is 4.76. The van der Waals surface area contributed by atoms with Crippen molar-refractivity contribution in [2.45, 2.75) is 13.1 Å². The van der Waals surface area contributed by atoms with E-state index in [1.54, 1.807) is 12.3 Å². The number of fused-ring (bicyclic) bond motifs is 4. The molecule has 0 saturated carbocycles. The number of pyridine rings is 1. The van der Waals surface area contributed by atoms with Crippen LogP contribution < -0.4 is 5.32 Å². The van der Waals surface area contributed by atoms with Crippen LogP contribution in [0.3, 0.4) is 0 Å². The van der Waals surface area contributed by atoms with Gasteiger partial charge < -0.3 is 5.32 Å². The first-order valence-electron chi connectivity index (χ1n) is 11.0. The number of carbonyl (C=O) groups is 2. The monoisotopic (exact) mass is 470 g/mol. The van der Waals surface area contributed by atoms with Crippen LogP contribution in [0.2, 0.25) is 0 Å². The third kappa shape index (κ3) is 4.51. The first kappa shape index (κ1) is 22.1. The van der Waals surface area contributed by atoms with E-state index in [4.69, 9.17) is 11.8 Å². The molecule has 3 aromatic carbocycles. The van der Waals surface area contributed by atoms with Crippen LogP contribution in [-0.4, -0.2) is 39.7 Å². The maximum atomic E-state index is 12.8. The van der Waals surface area contributed by atoms with Crippen LogP contribution in [0, 0.1) is 0 Å². The number of nitrogens with zero attached hydrogens (tertiary/aromatic N) is 3. The highest BCUT2D eigenvalue weighted by Crippen LogP contribution is 2.30. The lowest BCUT2D eigenvalue weighted by Crippen LogP contribution is -2.26. The first-order valence-corrected chi connectivity index (χ1v) is 11.3. The third-order valence-electron chi connectivity index (χ3n) is 5.92. The topological polar surface area (TPSA) is 65.5 Å². The van der Waals surface area contributed by atoms with Gasteiger partial charge in [-0.25, -0.2) is 9.40 Å². The normalized spacial score (nSPS) is 14.2. The highest BCUT2D eigenvalue weighted by Gasteiger charge is 2.18. The molecule has 0 fully saturated rings. The maximum absolute atomic E-state index is 12.8. The van der Waals surface area contributed by atoms with Gasteiger partial charge in [0.2, 0.25) is 5.91 Å². The smallest absolute Gasteiger partial charge is 0.261 e. The van der Waals surface area contributed by atoms with Gasteiger partial charge in [-0.3, -0.25) is 14.5 Å². The van der Waals surface area contributed by atoms with Crippen LogP contribution >= 0.6 is 11.8 Å². The van der Waals surface area contributed by atoms with Gasteiger partial charge in [0.05, 0.1) is 13.1 Å². The highest BCUT2D eigenvalue weighted by atomic mass is 35.5. The fourth-order valence-electron chi connectivity index (χ4n) is 4.35. The second kappa shape index (κ2) is 9.25. The molecule has 2 heterocycles. The number of carbonyl (C=O) groups excluding carboxylic acids is 2. The fourth-order valence-corrected chi connectivity index (χ4v) is 4.54. The molecule has 1 aromatic heterocycles. The minimum atomic E-state index is -0.320. The molecular weight excluding hydrogens is 448 g/mol. The molecule has 34 heavy (non-hydrogen) atoms. The van der Waals surface area contributed by atoms with Crippen molar-refractivity contribution in [1.29, 1.82) is 0 Å². The number of nitrogens with one attached hydrogen (secondary N) is 1. The lowest BCUT2D eigenvalue weighted by atomic mass is 9.97. The van der Waals surface area contributed by atoms with Gasteiger partial charge in [-0.2, -0.15) is 0 Å². The number of halogens is 1. The Hall–Kier alpha value is -3.74. The van der Waals surface area contributed by atoms with Crippen LogP contribution in [-0.2, 0) is 22.7 Å². The molecule has 0 spiro atoms. The van der Waals surface area contributed by atoms with E-state index in [0.29, 0.717) is 18.9 Å². The number of benzene rings is 3. The quantitative estimate of drug-likeness (QED) is 0.260. The van der Waals surface area contributed by atoms with Gasteiger partial charge in [0.1, 0.15) is 5.82 Å². The largest absolute Gasteiger partial charge is 0.309 e. The summed E-state index contributed by atoms with van der Waals surface area (Å²) in [5.41, 5.74) is 2.64. The van der Waals surface area contributed by atoms with E-state index in [0.717, 1.165) is 32.8 Å². The molecule has 1 aliphatic heterocycles. The number of amides is 2. The van der Waals surface area contributed by atoms with Crippen LogP contribution in [0.1, 0.15) is 16.7 Å². The van der Waals surface area contributed by atoms with E-state index < -0.39 is 0 Å². The predicted molar refractivity (Wildman–Crippen MR) is 136 cm³/mol. The molecular formula is C27H23ClN4O2. The van der Waals surface area contributed by atoms with Gasteiger partial charge in [0.25, 0.3) is 5.91 Å². The van der Waals surface area contributed by atoms with Crippen LogP contribution in [0.25, 0.3) is 27.6 Å². The van der Waals surface area contributed by atoms with Gasteiger partial charge in [-0.1, -0.05) is 48.5 Å². The summed E-state index contributed by atoms with van der Waals surface area (Å²) in [4.78, 5) is 30.9. The SMILES string of the molecule is CN1CC(=O)Nc2ncc(/C=C/C(=O)N(Cl)Cc3cc4ccccc4c4ccccc34)cc2C1. The Morgan fingerprint density at radius 3 is 2.65 bits per heavy atom. The van der Waals surface area contributed by atoms with Crippen molar-refractivity contribution in [3.05, 3.63) is 89.6 Å². The Morgan fingerprint density at radius 2 is 1.82 bits per heavy atom. The summed E-state index contributed by atoms with van der Waals surface area (Å²) in [6, 6.07) is 20.4. The van der Waals surface area contributed by atoms with Crippen molar-refractivity contribution in [2.24, 2.45) is 0 Å². The summed E-state index contributed by atoms with van der Waals surface area (Å²) < 4.78 is 1.19. The summed E-state index contributed by atoms with van der Waals surface area (Å²) >= 11 is 6.42. The van der Waals surface area contributed by atoms with Gasteiger partial charge in [-0.15, -0.1) is 0 Å². The lowest BCUT2D eigenvalue weighted by Gasteiger charge is -2.15. The Bertz CT molecular complexity index is 1450. The molecule has 5 rings (SSSR count). The average molecular weight is 471 g/mol. The second-order valence-corrected chi connectivity index (χ2v) is 8.90. The molecule has 170 valence electrons.